The molecule has 0 fully saturated rings. The third-order valence-corrected chi connectivity index (χ3v) is 3.41. The third-order valence-electron chi connectivity index (χ3n) is 3.41. The number of aliphatic hydroxyl groups excluding tert-OH is 1. The van der Waals surface area contributed by atoms with Crippen molar-refractivity contribution in [3.05, 3.63) is 75.3 Å². The van der Waals surface area contributed by atoms with Gasteiger partial charge in [-0.15, -0.1) is 0 Å². The second-order valence-corrected chi connectivity index (χ2v) is 5.33. The number of carbonyl (C=O) groups excluding carboxylic acids is 1. The summed E-state index contributed by atoms with van der Waals surface area (Å²) in [6.07, 6.45) is -0.359. The molecule has 2 aromatic carbocycles. The first-order valence-electron chi connectivity index (χ1n) is 7.22. The van der Waals surface area contributed by atoms with E-state index in [1.807, 2.05) is 30.3 Å². The van der Waals surface area contributed by atoms with Crippen LogP contribution in [-0.2, 0) is 6.42 Å². The molecule has 0 heterocycles. The molecule has 6 nitrogen and oxygen atoms in total. The molecule has 1 amide bonds. The number of nitro groups is 1. The number of carbonyl (C=O) groups is 1. The Hall–Kier alpha value is -2.73. The first-order valence-corrected chi connectivity index (χ1v) is 7.22. The molecule has 0 aliphatic rings. The van der Waals surface area contributed by atoms with Crippen LogP contribution in [-0.4, -0.2) is 28.6 Å². The zero-order chi connectivity index (χ0) is 16.8. The van der Waals surface area contributed by atoms with Crippen molar-refractivity contribution >= 4 is 11.6 Å². The maximum Gasteiger partial charge on any atom is 0.282 e. The van der Waals surface area contributed by atoms with Crippen LogP contribution >= 0.6 is 0 Å². The summed E-state index contributed by atoms with van der Waals surface area (Å²) in [6.45, 7) is 1.78. The van der Waals surface area contributed by atoms with Crippen molar-refractivity contribution in [3.63, 3.8) is 0 Å². The van der Waals surface area contributed by atoms with Crippen LogP contribution in [0.5, 0.6) is 0 Å². The largest absolute Gasteiger partial charge is 0.391 e. The van der Waals surface area contributed by atoms with Crippen LogP contribution in [0.1, 0.15) is 21.5 Å². The lowest BCUT2D eigenvalue weighted by Gasteiger charge is -2.12. The van der Waals surface area contributed by atoms with Gasteiger partial charge >= 0.3 is 0 Å². The van der Waals surface area contributed by atoms with Crippen molar-refractivity contribution in [2.45, 2.75) is 19.4 Å². The molecule has 0 aliphatic heterocycles. The molecule has 0 saturated heterocycles. The summed E-state index contributed by atoms with van der Waals surface area (Å²) >= 11 is 0. The number of nitrogens with one attached hydrogen (secondary N) is 1. The van der Waals surface area contributed by atoms with Gasteiger partial charge in [-0.1, -0.05) is 36.4 Å². The summed E-state index contributed by atoms with van der Waals surface area (Å²) in [4.78, 5) is 22.6. The summed E-state index contributed by atoms with van der Waals surface area (Å²) in [5.41, 5.74) is 1.47. The predicted molar refractivity (Wildman–Crippen MR) is 86.3 cm³/mol. The van der Waals surface area contributed by atoms with Gasteiger partial charge in [0.25, 0.3) is 11.6 Å². The minimum atomic E-state index is -0.759. The first-order chi connectivity index (χ1) is 11.0. The zero-order valence-electron chi connectivity index (χ0n) is 12.7. The molecule has 23 heavy (non-hydrogen) atoms. The topological polar surface area (TPSA) is 92.5 Å². The Morgan fingerprint density at radius 2 is 1.96 bits per heavy atom. The number of nitro benzene ring substituents is 1. The van der Waals surface area contributed by atoms with E-state index >= 15 is 0 Å². The fourth-order valence-corrected chi connectivity index (χ4v) is 2.26. The van der Waals surface area contributed by atoms with Crippen molar-refractivity contribution < 1.29 is 14.8 Å². The van der Waals surface area contributed by atoms with Crippen molar-refractivity contribution in [2.75, 3.05) is 6.54 Å². The number of amides is 1. The van der Waals surface area contributed by atoms with Crippen molar-refractivity contribution in [1.82, 2.24) is 5.32 Å². The van der Waals surface area contributed by atoms with E-state index in [1.54, 1.807) is 13.0 Å². The van der Waals surface area contributed by atoms with Gasteiger partial charge in [0.2, 0.25) is 0 Å². The maximum absolute atomic E-state index is 12.2. The monoisotopic (exact) mass is 314 g/mol. The van der Waals surface area contributed by atoms with Gasteiger partial charge in [-0.2, -0.15) is 0 Å². The first kappa shape index (κ1) is 16.6. The highest BCUT2D eigenvalue weighted by atomic mass is 16.6. The molecule has 0 aromatic heterocycles. The minimum absolute atomic E-state index is 0.00177. The number of aliphatic hydroxyl groups is 1. The highest BCUT2D eigenvalue weighted by molar-refractivity contribution is 5.98. The second-order valence-electron chi connectivity index (χ2n) is 5.33. The molecule has 2 rings (SSSR count). The molecule has 0 unspecified atom stereocenters. The normalized spacial score (nSPS) is 11.7. The lowest BCUT2D eigenvalue weighted by Crippen LogP contribution is -2.33. The number of rotatable bonds is 6. The predicted octanol–water partition coefficient (Wildman–Crippen LogP) is 2.24. The van der Waals surface area contributed by atoms with Gasteiger partial charge in [0.05, 0.1) is 11.0 Å². The van der Waals surface area contributed by atoms with Crippen LogP contribution in [0.25, 0.3) is 0 Å². The summed E-state index contributed by atoms with van der Waals surface area (Å²) in [7, 11) is 0. The Kier molecular flexibility index (Phi) is 5.43. The Balaban J connectivity index is 1.99. The SMILES string of the molecule is Cc1ccc([N+](=O)[O-])c(C(=O)NC[C@@H](O)Cc2ccccc2)c1. The van der Waals surface area contributed by atoms with E-state index in [2.05, 4.69) is 5.32 Å². The number of hydrogen-bond acceptors (Lipinski definition) is 4. The Morgan fingerprint density at radius 1 is 1.26 bits per heavy atom. The fourth-order valence-electron chi connectivity index (χ4n) is 2.26. The van der Waals surface area contributed by atoms with Crippen LogP contribution in [0, 0.1) is 17.0 Å². The van der Waals surface area contributed by atoms with Gasteiger partial charge < -0.3 is 10.4 Å². The lowest BCUT2D eigenvalue weighted by atomic mass is 10.1. The molecule has 6 heteroatoms. The molecule has 120 valence electrons. The standard InChI is InChI=1S/C17H18N2O4/c1-12-7-8-16(19(22)23)15(9-12)17(21)18-11-14(20)10-13-5-3-2-4-6-13/h2-9,14,20H,10-11H2,1H3,(H,18,21)/t14-/m0/s1. The molecular formula is C17H18N2O4. The van der Waals surface area contributed by atoms with Crippen molar-refractivity contribution in [3.8, 4) is 0 Å². The van der Waals surface area contributed by atoms with E-state index in [9.17, 15) is 20.0 Å². The second kappa shape index (κ2) is 7.51. The Morgan fingerprint density at radius 3 is 2.61 bits per heavy atom. The van der Waals surface area contributed by atoms with Gasteiger partial charge in [0, 0.05) is 19.0 Å². The van der Waals surface area contributed by atoms with Crippen LogP contribution in [0.3, 0.4) is 0 Å². The minimum Gasteiger partial charge on any atom is -0.391 e. The number of aryl methyl sites for hydroxylation is 1. The molecule has 0 aliphatic carbocycles. The van der Waals surface area contributed by atoms with Crippen LogP contribution in [0.15, 0.2) is 48.5 Å². The quantitative estimate of drug-likeness (QED) is 0.631. The Labute approximate surface area is 133 Å². The smallest absolute Gasteiger partial charge is 0.282 e. The fraction of sp³-hybridized carbons (Fsp3) is 0.235. The summed E-state index contributed by atoms with van der Waals surface area (Å²) in [5, 5.41) is 23.5. The van der Waals surface area contributed by atoms with E-state index in [4.69, 9.17) is 0 Å². The third kappa shape index (κ3) is 4.62. The van der Waals surface area contributed by atoms with Gasteiger partial charge in [-0.25, -0.2) is 0 Å². The zero-order valence-corrected chi connectivity index (χ0v) is 12.7. The van der Waals surface area contributed by atoms with E-state index in [1.165, 1.54) is 12.1 Å². The van der Waals surface area contributed by atoms with Crippen LogP contribution in [0.4, 0.5) is 5.69 Å². The molecule has 0 saturated carbocycles. The average Bonchev–Trinajstić information content (AvgIpc) is 2.53. The summed E-state index contributed by atoms with van der Waals surface area (Å²) in [6, 6.07) is 13.8. The van der Waals surface area contributed by atoms with Crippen molar-refractivity contribution in [1.29, 1.82) is 0 Å². The highest BCUT2D eigenvalue weighted by Crippen LogP contribution is 2.19. The van der Waals surface area contributed by atoms with Crippen LogP contribution in [0.2, 0.25) is 0 Å². The van der Waals surface area contributed by atoms with E-state index in [0.29, 0.717) is 6.42 Å². The number of hydrogen-bond donors (Lipinski definition) is 2. The summed E-state index contributed by atoms with van der Waals surface area (Å²) in [5.74, 6) is -0.562. The van der Waals surface area contributed by atoms with Gasteiger partial charge in [0.15, 0.2) is 0 Å². The van der Waals surface area contributed by atoms with E-state index in [0.717, 1.165) is 11.1 Å². The number of nitrogens with zero attached hydrogens (tertiary/aromatic N) is 1. The highest BCUT2D eigenvalue weighted by Gasteiger charge is 2.20. The molecular weight excluding hydrogens is 296 g/mol. The Bertz CT molecular complexity index is 701. The molecule has 1 atom stereocenters. The average molecular weight is 314 g/mol. The maximum atomic E-state index is 12.2. The van der Waals surface area contributed by atoms with Crippen LogP contribution < -0.4 is 5.32 Å². The molecule has 0 spiro atoms. The molecule has 0 radical (unpaired) electrons. The molecule has 0 bridgehead atoms. The molecule has 2 aromatic rings. The van der Waals surface area contributed by atoms with Gasteiger partial charge in [-0.05, 0) is 24.1 Å². The summed E-state index contributed by atoms with van der Waals surface area (Å²) < 4.78 is 0. The van der Waals surface area contributed by atoms with E-state index < -0.39 is 16.9 Å². The van der Waals surface area contributed by atoms with Gasteiger partial charge in [-0.3, -0.25) is 14.9 Å². The molecule has 2 N–H and O–H groups in total. The van der Waals surface area contributed by atoms with Gasteiger partial charge in [0.1, 0.15) is 5.56 Å². The van der Waals surface area contributed by atoms with E-state index in [-0.39, 0.29) is 17.8 Å². The van der Waals surface area contributed by atoms with Crippen molar-refractivity contribution in [2.24, 2.45) is 0 Å². The lowest BCUT2D eigenvalue weighted by molar-refractivity contribution is -0.385. The number of benzene rings is 2.